The van der Waals surface area contributed by atoms with Gasteiger partial charge in [0.05, 0.1) is 0 Å². The fourth-order valence-electron chi connectivity index (χ4n) is 0. The molecule has 0 bridgehead atoms. The van der Waals surface area contributed by atoms with Gasteiger partial charge in [-0.3, -0.25) is 0 Å². The van der Waals surface area contributed by atoms with Crippen molar-refractivity contribution in [2.75, 3.05) is 6.61 Å². The molecule has 1 nitrogen and oxygen atoms in total. The predicted octanol–water partition coefficient (Wildman–Crippen LogP) is 1.01. The average Bonchev–Trinajstić information content (AvgIpc) is 1.37. The van der Waals surface area contributed by atoms with Crippen molar-refractivity contribution in [2.45, 2.75) is 13.3 Å². The van der Waals surface area contributed by atoms with Gasteiger partial charge in [-0.2, -0.15) is 0 Å². The van der Waals surface area contributed by atoms with Crippen LogP contribution in [0.3, 0.4) is 0 Å². The zero-order valence-electron chi connectivity index (χ0n) is 3.27. The number of aliphatic hydroxyl groups is 1. The van der Waals surface area contributed by atoms with E-state index in [1.807, 2.05) is 6.92 Å². The average molecular weight is 188 g/mol. The van der Waals surface area contributed by atoms with E-state index < -0.39 is 0 Å². The van der Waals surface area contributed by atoms with Gasteiger partial charge in [0.15, 0.2) is 0 Å². The maximum Gasteiger partial charge on any atom is 0.0428 e. The van der Waals surface area contributed by atoms with Crippen LogP contribution < -0.4 is 0 Å². The third kappa shape index (κ3) is 11.9. The predicted molar refractivity (Wildman–Crippen MR) is 32.8 cm³/mol. The quantitative estimate of drug-likeness (QED) is 0.608. The first kappa shape index (κ1) is 9.19. The molecule has 0 saturated heterocycles. The Bertz CT molecular complexity index is 8.85. The standard InChI is InChI=1S/C3H8O.HI/c1-2-3-4;/h4H,2-3H2,1H3;1H. The van der Waals surface area contributed by atoms with E-state index in [1.54, 1.807) is 0 Å². The molecule has 0 amide bonds. The molecule has 5 heavy (non-hydrogen) atoms. The van der Waals surface area contributed by atoms with Crippen LogP contribution in [0.25, 0.3) is 0 Å². The minimum absolute atomic E-state index is 0. The zero-order chi connectivity index (χ0) is 3.41. The van der Waals surface area contributed by atoms with E-state index in [4.69, 9.17) is 5.11 Å². The molecule has 0 saturated carbocycles. The third-order valence-corrected chi connectivity index (χ3v) is 0.224. The normalized spacial score (nSPS) is 6.00. The molecule has 34 valence electrons. The summed E-state index contributed by atoms with van der Waals surface area (Å²) in [5.41, 5.74) is 0. The Morgan fingerprint density at radius 2 is 1.80 bits per heavy atom. The topological polar surface area (TPSA) is 20.2 Å². The Morgan fingerprint density at radius 3 is 1.80 bits per heavy atom. The van der Waals surface area contributed by atoms with Crippen LogP contribution in [0.2, 0.25) is 0 Å². The molecule has 0 aromatic carbocycles. The van der Waals surface area contributed by atoms with Crippen molar-refractivity contribution in [1.29, 1.82) is 0 Å². The van der Waals surface area contributed by atoms with Gasteiger partial charge in [-0.05, 0) is 6.42 Å². The van der Waals surface area contributed by atoms with E-state index in [-0.39, 0.29) is 24.0 Å². The molecule has 0 radical (unpaired) electrons. The lowest BCUT2D eigenvalue weighted by Gasteiger charge is -1.69. The highest BCUT2D eigenvalue weighted by atomic mass is 127. The molecule has 0 aliphatic rings. The lowest BCUT2D eigenvalue weighted by atomic mass is 10.5. The van der Waals surface area contributed by atoms with Crippen molar-refractivity contribution in [3.8, 4) is 0 Å². The first-order chi connectivity index (χ1) is 1.91. The van der Waals surface area contributed by atoms with Crippen LogP contribution in [-0.4, -0.2) is 11.7 Å². The van der Waals surface area contributed by atoms with Gasteiger partial charge < -0.3 is 5.11 Å². The first-order valence-electron chi connectivity index (χ1n) is 1.52. The highest BCUT2D eigenvalue weighted by Gasteiger charge is 1.57. The van der Waals surface area contributed by atoms with Gasteiger partial charge >= 0.3 is 0 Å². The Balaban J connectivity index is 0. The summed E-state index contributed by atoms with van der Waals surface area (Å²) >= 11 is 0. The molecule has 0 aliphatic heterocycles. The molecule has 0 heterocycles. The maximum absolute atomic E-state index is 7.88. The molecule has 0 fully saturated rings. The molecule has 0 aliphatic carbocycles. The van der Waals surface area contributed by atoms with Gasteiger partial charge in [0.25, 0.3) is 0 Å². The number of rotatable bonds is 1. The van der Waals surface area contributed by atoms with Crippen molar-refractivity contribution in [3.63, 3.8) is 0 Å². The second kappa shape index (κ2) is 8.83. The minimum Gasteiger partial charge on any atom is -0.396 e. The lowest BCUT2D eigenvalue weighted by molar-refractivity contribution is 0.295. The van der Waals surface area contributed by atoms with E-state index in [0.29, 0.717) is 6.61 Å². The van der Waals surface area contributed by atoms with Crippen molar-refractivity contribution < 1.29 is 5.11 Å². The van der Waals surface area contributed by atoms with Crippen LogP contribution in [-0.2, 0) is 0 Å². The maximum atomic E-state index is 7.88. The molecule has 0 rings (SSSR count). The Hall–Kier alpha value is 0.690. The highest BCUT2D eigenvalue weighted by molar-refractivity contribution is 14.0. The summed E-state index contributed by atoms with van der Waals surface area (Å²) in [6.07, 6.45) is 0.875. The molecule has 0 aromatic heterocycles. The van der Waals surface area contributed by atoms with Crippen LogP contribution in [0.1, 0.15) is 13.3 Å². The molecule has 0 aromatic rings. The fourth-order valence-corrected chi connectivity index (χ4v) is 0. The summed E-state index contributed by atoms with van der Waals surface area (Å²) in [5.74, 6) is 0. The monoisotopic (exact) mass is 188 g/mol. The largest absolute Gasteiger partial charge is 0.396 e. The first-order valence-corrected chi connectivity index (χ1v) is 1.52. The zero-order valence-corrected chi connectivity index (χ0v) is 5.60. The van der Waals surface area contributed by atoms with Crippen LogP contribution in [0.4, 0.5) is 0 Å². The minimum atomic E-state index is 0. The van der Waals surface area contributed by atoms with Gasteiger partial charge in [-0.15, -0.1) is 24.0 Å². The molecular weight excluding hydrogens is 179 g/mol. The lowest BCUT2D eigenvalue weighted by Crippen LogP contribution is -1.69. The van der Waals surface area contributed by atoms with Crippen LogP contribution in [0.5, 0.6) is 0 Å². The van der Waals surface area contributed by atoms with Crippen LogP contribution in [0, 0.1) is 0 Å². The van der Waals surface area contributed by atoms with Gasteiger partial charge in [0.2, 0.25) is 0 Å². The summed E-state index contributed by atoms with van der Waals surface area (Å²) in [6.45, 7) is 2.25. The molecule has 1 N–H and O–H groups in total. The highest BCUT2D eigenvalue weighted by Crippen LogP contribution is 1.61. The fraction of sp³-hybridized carbons (Fsp3) is 1.00. The van der Waals surface area contributed by atoms with E-state index in [2.05, 4.69) is 0 Å². The van der Waals surface area contributed by atoms with E-state index in [9.17, 15) is 0 Å². The molecular formula is C3H9IO. The molecule has 0 atom stereocenters. The summed E-state index contributed by atoms with van der Waals surface area (Å²) < 4.78 is 0. The SMILES string of the molecule is CCCO.I. The summed E-state index contributed by atoms with van der Waals surface area (Å²) in [4.78, 5) is 0. The smallest absolute Gasteiger partial charge is 0.0428 e. The van der Waals surface area contributed by atoms with Crippen molar-refractivity contribution in [1.82, 2.24) is 0 Å². The number of hydrogen-bond acceptors (Lipinski definition) is 1. The van der Waals surface area contributed by atoms with Crippen LogP contribution >= 0.6 is 24.0 Å². The second-order valence-electron chi connectivity index (χ2n) is 0.724. The summed E-state index contributed by atoms with van der Waals surface area (Å²) in [6, 6.07) is 0. The van der Waals surface area contributed by atoms with Gasteiger partial charge in [-0.25, -0.2) is 0 Å². The van der Waals surface area contributed by atoms with Gasteiger partial charge in [-0.1, -0.05) is 6.92 Å². The second-order valence-corrected chi connectivity index (χ2v) is 0.724. The number of aliphatic hydroxyl groups excluding tert-OH is 1. The van der Waals surface area contributed by atoms with E-state index >= 15 is 0 Å². The van der Waals surface area contributed by atoms with Crippen LogP contribution in [0.15, 0.2) is 0 Å². The van der Waals surface area contributed by atoms with Gasteiger partial charge in [0, 0.05) is 6.61 Å². The van der Waals surface area contributed by atoms with Crippen molar-refractivity contribution in [3.05, 3.63) is 0 Å². The van der Waals surface area contributed by atoms with E-state index in [1.165, 1.54) is 0 Å². The Labute approximate surface area is 49.4 Å². The summed E-state index contributed by atoms with van der Waals surface area (Å²) in [7, 11) is 0. The van der Waals surface area contributed by atoms with Crippen molar-refractivity contribution in [2.24, 2.45) is 0 Å². The Kier molecular flexibility index (Phi) is 16.2. The molecule has 0 spiro atoms. The number of halogens is 1. The van der Waals surface area contributed by atoms with E-state index in [0.717, 1.165) is 6.42 Å². The molecule has 0 unspecified atom stereocenters. The third-order valence-electron chi connectivity index (χ3n) is 0.224. The van der Waals surface area contributed by atoms with Gasteiger partial charge in [0.1, 0.15) is 0 Å². The Morgan fingerprint density at radius 1 is 1.60 bits per heavy atom. The molecule has 2 heteroatoms. The summed E-state index contributed by atoms with van der Waals surface area (Å²) in [5, 5.41) is 7.88. The van der Waals surface area contributed by atoms with Crippen molar-refractivity contribution >= 4 is 24.0 Å². The number of hydrogen-bond donors (Lipinski definition) is 1.